The average Bonchev–Trinajstić information content (AvgIpc) is 2.23. The Morgan fingerprint density at radius 1 is 1.41 bits per heavy atom. The van der Waals surface area contributed by atoms with Gasteiger partial charge in [0.1, 0.15) is 6.04 Å². The number of carbonyl (C=O) groups excluding carboxylic acids is 1. The van der Waals surface area contributed by atoms with Crippen LogP contribution in [0.25, 0.3) is 0 Å². The molecule has 1 saturated heterocycles. The van der Waals surface area contributed by atoms with Gasteiger partial charge in [0.15, 0.2) is 6.61 Å². The number of nitrogens with one attached hydrogen (secondary N) is 1. The number of aryl methyl sites for hydroxylation is 1. The van der Waals surface area contributed by atoms with E-state index >= 15 is 0 Å². The first kappa shape index (κ1) is 13.7. The SMILES string of the molecule is Cc1ccccc1[C@H]1NC(=O)OCC1(F)F.Cl. The zero-order valence-corrected chi connectivity index (χ0v) is 9.89. The zero-order valence-electron chi connectivity index (χ0n) is 9.07. The molecule has 1 heterocycles. The van der Waals surface area contributed by atoms with Gasteiger partial charge in [-0.1, -0.05) is 24.3 Å². The average molecular weight is 264 g/mol. The number of alkyl carbamates (subject to hydrolysis) is 1. The summed E-state index contributed by atoms with van der Waals surface area (Å²) in [6.07, 6.45) is -0.806. The van der Waals surface area contributed by atoms with Crippen LogP contribution < -0.4 is 5.32 Å². The Kier molecular flexibility index (Phi) is 3.93. The first-order valence-corrected chi connectivity index (χ1v) is 4.87. The highest BCUT2D eigenvalue weighted by atomic mass is 35.5. The Labute approximate surface area is 104 Å². The van der Waals surface area contributed by atoms with Crippen LogP contribution in [0.4, 0.5) is 13.6 Å². The van der Waals surface area contributed by atoms with Gasteiger partial charge in [-0.15, -0.1) is 12.4 Å². The summed E-state index contributed by atoms with van der Waals surface area (Å²) in [6.45, 7) is 0.852. The van der Waals surface area contributed by atoms with Crippen molar-refractivity contribution in [2.45, 2.75) is 18.9 Å². The van der Waals surface area contributed by atoms with Crippen LogP contribution in [0.15, 0.2) is 24.3 Å². The molecule has 6 heteroatoms. The predicted molar refractivity (Wildman–Crippen MR) is 60.6 cm³/mol. The van der Waals surface area contributed by atoms with E-state index in [1.54, 1.807) is 31.2 Å². The van der Waals surface area contributed by atoms with Crippen LogP contribution in [0.5, 0.6) is 0 Å². The summed E-state index contributed by atoms with van der Waals surface area (Å²) < 4.78 is 31.4. The number of ether oxygens (including phenoxy) is 1. The highest BCUT2D eigenvalue weighted by Crippen LogP contribution is 2.35. The lowest BCUT2D eigenvalue weighted by molar-refractivity contribution is -0.104. The molecular formula is C11H12ClF2NO2. The quantitative estimate of drug-likeness (QED) is 0.846. The second-order valence-corrected chi connectivity index (χ2v) is 3.77. The van der Waals surface area contributed by atoms with Gasteiger partial charge in [0.2, 0.25) is 0 Å². The van der Waals surface area contributed by atoms with Gasteiger partial charge in [-0.05, 0) is 18.1 Å². The van der Waals surface area contributed by atoms with E-state index in [0.29, 0.717) is 5.56 Å². The Morgan fingerprint density at radius 3 is 2.71 bits per heavy atom. The van der Waals surface area contributed by atoms with Crippen molar-refractivity contribution in [3.63, 3.8) is 0 Å². The van der Waals surface area contributed by atoms with E-state index < -0.39 is 24.7 Å². The summed E-state index contributed by atoms with van der Waals surface area (Å²) in [5, 5.41) is 2.15. The highest BCUT2D eigenvalue weighted by Gasteiger charge is 2.47. The van der Waals surface area contributed by atoms with Gasteiger partial charge in [-0.3, -0.25) is 0 Å². The Balaban J connectivity index is 0.00000144. The van der Waals surface area contributed by atoms with Crippen LogP contribution in [0.2, 0.25) is 0 Å². The lowest BCUT2D eigenvalue weighted by Crippen LogP contribution is -2.49. The topological polar surface area (TPSA) is 38.3 Å². The molecule has 1 amide bonds. The molecule has 0 unspecified atom stereocenters. The monoisotopic (exact) mass is 263 g/mol. The van der Waals surface area contributed by atoms with E-state index in [9.17, 15) is 13.6 Å². The third kappa shape index (κ3) is 2.66. The number of benzene rings is 1. The Hall–Kier alpha value is -1.36. The summed E-state index contributed by atoms with van der Waals surface area (Å²) in [7, 11) is 0. The van der Waals surface area contributed by atoms with Crippen LogP contribution >= 0.6 is 12.4 Å². The molecule has 2 rings (SSSR count). The fourth-order valence-corrected chi connectivity index (χ4v) is 1.73. The number of rotatable bonds is 1. The lowest BCUT2D eigenvalue weighted by atomic mass is 9.96. The van der Waals surface area contributed by atoms with E-state index in [0.717, 1.165) is 5.56 Å². The molecule has 3 nitrogen and oxygen atoms in total. The molecule has 94 valence electrons. The van der Waals surface area contributed by atoms with E-state index in [1.807, 2.05) is 0 Å². The molecule has 0 bridgehead atoms. The Bertz CT molecular complexity index is 426. The van der Waals surface area contributed by atoms with Crippen LogP contribution in [-0.2, 0) is 4.74 Å². The third-order valence-corrected chi connectivity index (χ3v) is 2.58. The molecule has 1 aliphatic heterocycles. The van der Waals surface area contributed by atoms with Gasteiger partial charge >= 0.3 is 12.0 Å². The van der Waals surface area contributed by atoms with Gasteiger partial charge in [0.05, 0.1) is 0 Å². The molecule has 1 aliphatic rings. The minimum absolute atomic E-state index is 0. The fraction of sp³-hybridized carbons (Fsp3) is 0.364. The van der Waals surface area contributed by atoms with Crippen LogP contribution in [-0.4, -0.2) is 18.6 Å². The minimum Gasteiger partial charge on any atom is -0.443 e. The third-order valence-electron chi connectivity index (χ3n) is 2.58. The summed E-state index contributed by atoms with van der Waals surface area (Å²) in [4.78, 5) is 11.0. The van der Waals surface area contributed by atoms with Gasteiger partial charge in [-0.25, -0.2) is 13.6 Å². The largest absolute Gasteiger partial charge is 0.443 e. The highest BCUT2D eigenvalue weighted by molar-refractivity contribution is 5.85. The van der Waals surface area contributed by atoms with Crippen LogP contribution in [0, 0.1) is 6.92 Å². The number of hydrogen-bond donors (Lipinski definition) is 1. The number of halogens is 3. The molecule has 1 fully saturated rings. The van der Waals surface area contributed by atoms with Gasteiger partial charge in [-0.2, -0.15) is 0 Å². The van der Waals surface area contributed by atoms with Crippen molar-refractivity contribution >= 4 is 18.5 Å². The number of amides is 1. The van der Waals surface area contributed by atoms with E-state index in [4.69, 9.17) is 0 Å². The van der Waals surface area contributed by atoms with E-state index in [-0.39, 0.29) is 12.4 Å². The standard InChI is InChI=1S/C11H11F2NO2.ClH/c1-7-4-2-3-5-8(7)9-11(12,13)6-16-10(15)14-9;/h2-5,9H,6H2,1H3,(H,14,15);1H/t9-;/m1./s1. The molecule has 1 aromatic carbocycles. The second-order valence-electron chi connectivity index (χ2n) is 3.77. The predicted octanol–water partition coefficient (Wildman–Crippen LogP) is 2.83. The van der Waals surface area contributed by atoms with E-state index in [1.165, 1.54) is 0 Å². The number of alkyl halides is 2. The maximum absolute atomic E-state index is 13.6. The number of carbonyl (C=O) groups is 1. The van der Waals surface area contributed by atoms with Crippen molar-refractivity contribution in [2.75, 3.05) is 6.61 Å². The lowest BCUT2D eigenvalue weighted by Gasteiger charge is -2.32. The fourth-order valence-electron chi connectivity index (χ4n) is 1.73. The van der Waals surface area contributed by atoms with Gasteiger partial charge < -0.3 is 10.1 Å². The maximum atomic E-state index is 13.6. The summed E-state index contributed by atoms with van der Waals surface area (Å²) in [5.74, 6) is -3.08. The number of hydrogen-bond acceptors (Lipinski definition) is 2. The maximum Gasteiger partial charge on any atom is 0.408 e. The van der Waals surface area contributed by atoms with Crippen molar-refractivity contribution in [3.05, 3.63) is 35.4 Å². The molecule has 0 saturated carbocycles. The van der Waals surface area contributed by atoms with Crippen molar-refractivity contribution in [2.24, 2.45) is 0 Å². The molecule has 0 spiro atoms. The molecule has 0 aromatic heterocycles. The van der Waals surface area contributed by atoms with Crippen molar-refractivity contribution in [1.82, 2.24) is 5.32 Å². The first-order chi connectivity index (χ1) is 7.50. The zero-order chi connectivity index (χ0) is 11.8. The van der Waals surface area contributed by atoms with Gasteiger partial charge in [0, 0.05) is 0 Å². The molecule has 0 aliphatic carbocycles. The normalized spacial score (nSPS) is 22.1. The minimum atomic E-state index is -3.08. The molecule has 17 heavy (non-hydrogen) atoms. The van der Waals surface area contributed by atoms with Gasteiger partial charge in [0.25, 0.3) is 0 Å². The summed E-state index contributed by atoms with van der Waals surface area (Å²) in [6, 6.07) is 5.43. The van der Waals surface area contributed by atoms with E-state index in [2.05, 4.69) is 10.1 Å². The Morgan fingerprint density at radius 2 is 2.06 bits per heavy atom. The molecule has 1 aromatic rings. The second kappa shape index (κ2) is 4.87. The van der Waals surface area contributed by atoms with Crippen molar-refractivity contribution in [1.29, 1.82) is 0 Å². The summed E-state index contributed by atoms with van der Waals surface area (Å²) in [5.41, 5.74) is 1.14. The smallest absolute Gasteiger partial charge is 0.408 e. The van der Waals surface area contributed by atoms with Crippen molar-refractivity contribution < 1.29 is 18.3 Å². The molecule has 0 radical (unpaired) electrons. The van der Waals surface area contributed by atoms with Crippen molar-refractivity contribution in [3.8, 4) is 0 Å². The number of cyclic esters (lactones) is 1. The summed E-state index contributed by atoms with van der Waals surface area (Å²) >= 11 is 0. The first-order valence-electron chi connectivity index (χ1n) is 4.87. The van der Waals surface area contributed by atoms with Crippen LogP contribution in [0.3, 0.4) is 0 Å². The van der Waals surface area contributed by atoms with Crippen LogP contribution in [0.1, 0.15) is 17.2 Å². The molecule has 1 atom stereocenters. The molecule has 1 N–H and O–H groups in total. The molecular weight excluding hydrogens is 252 g/mol.